The number of aromatic nitrogens is 5. The molecule has 0 saturated heterocycles. The highest BCUT2D eigenvalue weighted by Crippen LogP contribution is 2.42. The zero-order valence-corrected chi connectivity index (χ0v) is 34.9. The summed E-state index contributed by atoms with van der Waals surface area (Å²) < 4.78 is 11.3. The average molecular weight is 830 g/mol. The zero-order chi connectivity index (χ0) is 42.6. The Morgan fingerprint density at radius 2 is 0.862 bits per heavy atom. The van der Waals surface area contributed by atoms with Crippen LogP contribution in [0.1, 0.15) is 0 Å². The van der Waals surface area contributed by atoms with Crippen LogP contribution in [-0.4, -0.2) is 24.1 Å². The molecule has 6 nitrogen and oxygen atoms in total. The van der Waals surface area contributed by atoms with Crippen molar-refractivity contribution in [2.45, 2.75) is 0 Å². The molecule has 302 valence electrons. The number of nitrogens with zero attached hydrogens (tertiary/aromatic N) is 5. The largest absolute Gasteiger partial charge is 0.456 e. The van der Waals surface area contributed by atoms with E-state index in [0.29, 0.717) is 17.5 Å². The van der Waals surface area contributed by atoms with Gasteiger partial charge in [-0.2, -0.15) is 0 Å². The van der Waals surface area contributed by atoms with Crippen LogP contribution < -0.4 is 0 Å². The van der Waals surface area contributed by atoms with Crippen LogP contribution in [0.25, 0.3) is 133 Å². The van der Waals surface area contributed by atoms with E-state index in [2.05, 4.69) is 209 Å². The first-order valence-electron chi connectivity index (χ1n) is 21.9. The molecule has 0 aliphatic carbocycles. The molecule has 14 aromatic rings. The number of rotatable bonds is 5. The molecule has 4 heterocycles. The van der Waals surface area contributed by atoms with Crippen molar-refractivity contribution in [1.82, 2.24) is 24.1 Å². The number of benzene rings is 10. The van der Waals surface area contributed by atoms with E-state index >= 15 is 0 Å². The van der Waals surface area contributed by atoms with Gasteiger partial charge in [-0.3, -0.25) is 0 Å². The van der Waals surface area contributed by atoms with Crippen LogP contribution in [0, 0.1) is 0 Å². The Bertz CT molecular complexity index is 4250. The molecule has 10 aromatic carbocycles. The van der Waals surface area contributed by atoms with Crippen molar-refractivity contribution in [3.63, 3.8) is 0 Å². The van der Waals surface area contributed by atoms with Crippen molar-refractivity contribution < 1.29 is 4.42 Å². The van der Waals surface area contributed by atoms with Gasteiger partial charge < -0.3 is 13.6 Å². The third kappa shape index (κ3) is 5.51. The average Bonchev–Trinajstić information content (AvgIpc) is 4.02. The van der Waals surface area contributed by atoms with E-state index in [-0.39, 0.29) is 0 Å². The Morgan fingerprint density at radius 1 is 0.308 bits per heavy atom. The van der Waals surface area contributed by atoms with Crippen LogP contribution in [0.15, 0.2) is 217 Å². The highest BCUT2D eigenvalue weighted by atomic mass is 16.3. The minimum atomic E-state index is 0.566. The van der Waals surface area contributed by atoms with E-state index in [0.717, 1.165) is 88.2 Å². The standard InChI is InChI=1S/C59H35N5O/c1-2-18-42(19-3-1)63-50-23-11-8-20-43(50)45-29-28-41(33-52(45)63)58-60-57(40-27-26-36-14-4-5-15-37(36)30-40)61-59(62-58)49-34-48-46-22-10-13-25-55(46)65-56(48)35-54(49)64-51-24-12-9-21-44(51)47-31-38-16-6-7-17-39(38)32-53(47)64/h1-35H. The maximum absolute atomic E-state index is 6.65. The molecule has 4 aromatic heterocycles. The molecule has 0 radical (unpaired) electrons. The van der Waals surface area contributed by atoms with E-state index in [1.54, 1.807) is 0 Å². The molecule has 0 bridgehead atoms. The van der Waals surface area contributed by atoms with E-state index in [4.69, 9.17) is 19.4 Å². The van der Waals surface area contributed by atoms with E-state index in [9.17, 15) is 0 Å². The van der Waals surface area contributed by atoms with Gasteiger partial charge in [0, 0.05) is 60.8 Å². The fraction of sp³-hybridized carbons (Fsp3) is 0. The molecule has 0 amide bonds. The normalized spacial score (nSPS) is 12.0. The van der Waals surface area contributed by atoms with Crippen molar-refractivity contribution in [2.75, 3.05) is 0 Å². The molecular weight excluding hydrogens is 795 g/mol. The van der Waals surface area contributed by atoms with Crippen molar-refractivity contribution in [2.24, 2.45) is 0 Å². The zero-order valence-electron chi connectivity index (χ0n) is 34.9. The Hall–Kier alpha value is -8.87. The lowest BCUT2D eigenvalue weighted by molar-refractivity contribution is 0.668. The number of para-hydroxylation sites is 4. The first-order chi connectivity index (χ1) is 32.2. The maximum atomic E-state index is 6.65. The van der Waals surface area contributed by atoms with Gasteiger partial charge in [-0.1, -0.05) is 146 Å². The van der Waals surface area contributed by atoms with Crippen LogP contribution >= 0.6 is 0 Å². The lowest BCUT2D eigenvalue weighted by atomic mass is 10.0. The van der Waals surface area contributed by atoms with Crippen molar-refractivity contribution in [3.05, 3.63) is 212 Å². The molecular formula is C59H35N5O. The summed E-state index contributed by atoms with van der Waals surface area (Å²) >= 11 is 0. The van der Waals surface area contributed by atoms with Gasteiger partial charge in [-0.25, -0.2) is 15.0 Å². The Balaban J connectivity index is 1.09. The topological polar surface area (TPSA) is 61.7 Å². The van der Waals surface area contributed by atoms with Gasteiger partial charge in [0.2, 0.25) is 0 Å². The Kier molecular flexibility index (Phi) is 7.59. The quantitative estimate of drug-likeness (QED) is 0.173. The molecule has 65 heavy (non-hydrogen) atoms. The molecule has 0 atom stereocenters. The minimum absolute atomic E-state index is 0.566. The summed E-state index contributed by atoms with van der Waals surface area (Å²) in [5, 5.41) is 11.4. The van der Waals surface area contributed by atoms with Gasteiger partial charge >= 0.3 is 0 Å². The van der Waals surface area contributed by atoms with E-state index in [1.807, 2.05) is 12.1 Å². The molecule has 0 unspecified atom stereocenters. The van der Waals surface area contributed by atoms with Crippen LogP contribution in [0.3, 0.4) is 0 Å². The summed E-state index contributed by atoms with van der Waals surface area (Å²) in [5.74, 6) is 1.74. The van der Waals surface area contributed by atoms with Crippen molar-refractivity contribution >= 4 is 87.1 Å². The summed E-state index contributed by atoms with van der Waals surface area (Å²) in [6.07, 6.45) is 0. The monoisotopic (exact) mass is 829 g/mol. The minimum Gasteiger partial charge on any atom is -0.456 e. The molecule has 0 spiro atoms. The predicted octanol–water partition coefficient (Wildman–Crippen LogP) is 15.3. The maximum Gasteiger partial charge on any atom is 0.166 e. The van der Waals surface area contributed by atoms with Gasteiger partial charge in [-0.15, -0.1) is 0 Å². The molecule has 6 heteroatoms. The number of hydrogen-bond acceptors (Lipinski definition) is 4. The van der Waals surface area contributed by atoms with Crippen LogP contribution in [0.5, 0.6) is 0 Å². The molecule has 0 N–H and O–H groups in total. The molecule has 14 rings (SSSR count). The van der Waals surface area contributed by atoms with Crippen molar-refractivity contribution in [3.8, 4) is 45.5 Å². The summed E-state index contributed by atoms with van der Waals surface area (Å²) in [6, 6.07) is 75.1. The van der Waals surface area contributed by atoms with Crippen molar-refractivity contribution in [1.29, 1.82) is 0 Å². The lowest BCUT2D eigenvalue weighted by Gasteiger charge is -2.15. The predicted molar refractivity (Wildman–Crippen MR) is 267 cm³/mol. The van der Waals surface area contributed by atoms with Crippen LogP contribution in [0.2, 0.25) is 0 Å². The Morgan fingerprint density at radius 3 is 1.65 bits per heavy atom. The van der Waals surface area contributed by atoms with Gasteiger partial charge in [0.05, 0.1) is 27.8 Å². The lowest BCUT2D eigenvalue weighted by Crippen LogP contribution is -2.04. The third-order valence-electron chi connectivity index (χ3n) is 13.1. The highest BCUT2D eigenvalue weighted by molar-refractivity contribution is 6.15. The SMILES string of the molecule is c1ccc(-n2c3ccccc3c3ccc(-c4nc(-c5ccc6ccccc6c5)nc(-c5cc6c(cc5-n5c7ccccc7c7cc8ccccc8cc75)oc5ccccc56)n4)cc32)cc1. The number of furan rings is 1. The van der Waals surface area contributed by atoms with Gasteiger partial charge in [0.25, 0.3) is 0 Å². The van der Waals surface area contributed by atoms with Crippen LogP contribution in [-0.2, 0) is 0 Å². The highest BCUT2D eigenvalue weighted by Gasteiger charge is 2.23. The number of fused-ring (bicyclic) bond motifs is 11. The summed E-state index contributed by atoms with van der Waals surface area (Å²) in [7, 11) is 0. The molecule has 0 saturated carbocycles. The molecule has 0 fully saturated rings. The van der Waals surface area contributed by atoms with Crippen LogP contribution in [0.4, 0.5) is 0 Å². The van der Waals surface area contributed by atoms with Gasteiger partial charge in [0.15, 0.2) is 17.5 Å². The summed E-state index contributed by atoms with van der Waals surface area (Å²) in [6.45, 7) is 0. The van der Waals surface area contributed by atoms with Gasteiger partial charge in [0.1, 0.15) is 11.2 Å². The smallest absolute Gasteiger partial charge is 0.166 e. The second kappa shape index (κ2) is 13.8. The number of hydrogen-bond donors (Lipinski definition) is 0. The third-order valence-corrected chi connectivity index (χ3v) is 13.1. The first-order valence-corrected chi connectivity index (χ1v) is 21.9. The molecule has 0 aliphatic heterocycles. The fourth-order valence-electron chi connectivity index (χ4n) is 10.1. The second-order valence-corrected chi connectivity index (χ2v) is 16.8. The first kappa shape index (κ1) is 35.7. The molecule has 0 aliphatic rings. The summed E-state index contributed by atoms with van der Waals surface area (Å²) in [5.41, 5.74) is 10.7. The summed E-state index contributed by atoms with van der Waals surface area (Å²) in [4.78, 5) is 16.3. The van der Waals surface area contributed by atoms with Gasteiger partial charge in [-0.05, 0) is 82.2 Å². The van der Waals surface area contributed by atoms with E-state index in [1.165, 1.54) is 26.9 Å². The van der Waals surface area contributed by atoms with E-state index < -0.39 is 0 Å². The fourth-order valence-corrected chi connectivity index (χ4v) is 10.1. The second-order valence-electron chi connectivity index (χ2n) is 16.8. The Labute approximate surface area is 371 Å².